The molecule has 1 aliphatic carbocycles. The number of urea groups is 1. The van der Waals surface area contributed by atoms with Gasteiger partial charge in [0.05, 0.1) is 12.6 Å². The Kier molecular flexibility index (Phi) is 5.85. The summed E-state index contributed by atoms with van der Waals surface area (Å²) in [6.07, 6.45) is 4.57. The lowest BCUT2D eigenvalue weighted by Crippen LogP contribution is -2.44. The first-order valence-electron chi connectivity index (χ1n) is 10.1. The number of alkyl halides is 1. The lowest BCUT2D eigenvalue weighted by atomic mass is 10.1. The number of halogens is 2. The summed E-state index contributed by atoms with van der Waals surface area (Å²) in [6, 6.07) is 5.69. The molecule has 1 N–H and O–H groups in total. The van der Waals surface area contributed by atoms with E-state index in [-0.39, 0.29) is 25.3 Å². The highest BCUT2D eigenvalue weighted by Gasteiger charge is 2.43. The second-order valence-electron chi connectivity index (χ2n) is 7.64. The van der Waals surface area contributed by atoms with Crippen LogP contribution < -0.4 is 10.2 Å². The number of hydrogen-bond donors (Lipinski definition) is 1. The predicted molar refractivity (Wildman–Crippen MR) is 113 cm³/mol. The topological polar surface area (TPSA) is 78.4 Å². The minimum absolute atomic E-state index is 0.145. The molecule has 2 atom stereocenters. The summed E-state index contributed by atoms with van der Waals surface area (Å²) in [5.74, 6) is 0.837. The van der Waals surface area contributed by atoms with Gasteiger partial charge in [0.25, 0.3) is 0 Å². The van der Waals surface area contributed by atoms with Gasteiger partial charge in [-0.1, -0.05) is 24.6 Å². The third kappa shape index (κ3) is 4.38. The molecule has 158 valence electrons. The normalized spacial score (nSPS) is 19.8. The molecule has 30 heavy (non-hydrogen) atoms. The first-order valence-corrected chi connectivity index (χ1v) is 10.4. The van der Waals surface area contributed by atoms with Crippen LogP contribution in [0.15, 0.2) is 36.7 Å². The van der Waals surface area contributed by atoms with Gasteiger partial charge in [0.2, 0.25) is 5.91 Å². The molecule has 1 aliphatic heterocycles. The molecular weight excluding hydrogens is 409 g/mol. The zero-order valence-electron chi connectivity index (χ0n) is 16.6. The monoisotopic (exact) mass is 431 g/mol. The molecule has 7 nitrogen and oxygen atoms in total. The van der Waals surface area contributed by atoms with Crippen molar-refractivity contribution in [1.29, 1.82) is 0 Å². The van der Waals surface area contributed by atoms with Crippen molar-refractivity contribution in [3.63, 3.8) is 0 Å². The van der Waals surface area contributed by atoms with Crippen molar-refractivity contribution in [1.82, 2.24) is 14.9 Å². The van der Waals surface area contributed by atoms with E-state index in [1.807, 2.05) is 6.07 Å². The number of aromatic nitrogens is 2. The molecule has 3 amide bonds. The third-order valence-electron chi connectivity index (χ3n) is 5.45. The van der Waals surface area contributed by atoms with E-state index in [4.69, 9.17) is 11.6 Å². The molecule has 0 spiro atoms. The van der Waals surface area contributed by atoms with Gasteiger partial charge in [-0.25, -0.2) is 19.2 Å². The summed E-state index contributed by atoms with van der Waals surface area (Å²) in [5.41, 5.74) is 1.16. The summed E-state index contributed by atoms with van der Waals surface area (Å²) in [5, 5.41) is 3.03. The van der Waals surface area contributed by atoms with Crippen LogP contribution in [0.1, 0.15) is 37.7 Å². The Morgan fingerprint density at radius 1 is 1.33 bits per heavy atom. The molecule has 1 saturated heterocycles. The molecule has 0 aromatic carbocycles. The van der Waals surface area contributed by atoms with Crippen LogP contribution in [-0.4, -0.2) is 52.1 Å². The second kappa shape index (κ2) is 8.55. The van der Waals surface area contributed by atoms with E-state index < -0.39 is 24.2 Å². The van der Waals surface area contributed by atoms with E-state index in [9.17, 15) is 14.0 Å². The summed E-state index contributed by atoms with van der Waals surface area (Å²) in [4.78, 5) is 36.7. The number of nitrogens with zero attached hydrogens (tertiary/aromatic N) is 4. The molecule has 9 heteroatoms. The van der Waals surface area contributed by atoms with E-state index >= 15 is 0 Å². The van der Waals surface area contributed by atoms with Crippen LogP contribution in [0.3, 0.4) is 0 Å². The van der Waals surface area contributed by atoms with Gasteiger partial charge in [-0.2, -0.15) is 0 Å². The zero-order chi connectivity index (χ0) is 21.3. The van der Waals surface area contributed by atoms with Crippen molar-refractivity contribution >= 4 is 35.2 Å². The fourth-order valence-corrected chi connectivity index (χ4v) is 3.80. The first-order chi connectivity index (χ1) is 14.5. The Hall–Kier alpha value is -2.74. The Morgan fingerprint density at radius 2 is 2.13 bits per heavy atom. The molecule has 4 rings (SSSR count). The number of rotatable bonds is 7. The highest BCUT2D eigenvalue weighted by Crippen LogP contribution is 2.40. The third-order valence-corrected chi connectivity index (χ3v) is 5.69. The van der Waals surface area contributed by atoms with Crippen molar-refractivity contribution in [2.45, 2.75) is 44.3 Å². The van der Waals surface area contributed by atoms with E-state index in [2.05, 4.69) is 15.3 Å². The summed E-state index contributed by atoms with van der Waals surface area (Å²) in [6.45, 7) is 1.58. The number of carbonyl (C=O) groups is 2. The van der Waals surface area contributed by atoms with Gasteiger partial charge in [0, 0.05) is 17.4 Å². The van der Waals surface area contributed by atoms with Crippen molar-refractivity contribution in [2.24, 2.45) is 0 Å². The lowest BCUT2D eigenvalue weighted by Gasteiger charge is -2.24. The van der Waals surface area contributed by atoms with Gasteiger partial charge < -0.3 is 10.2 Å². The maximum atomic E-state index is 14.7. The van der Waals surface area contributed by atoms with Gasteiger partial charge in [-0.15, -0.1) is 0 Å². The molecular formula is C21H23ClFN5O2. The fraction of sp³-hybridized carbons (Fsp3) is 0.429. The minimum Gasteiger partial charge on any atom is -0.309 e. The Labute approximate surface area is 179 Å². The first kappa shape index (κ1) is 20.5. The Bertz CT molecular complexity index is 937. The van der Waals surface area contributed by atoms with Gasteiger partial charge in [0.1, 0.15) is 24.4 Å². The van der Waals surface area contributed by atoms with E-state index in [0.29, 0.717) is 16.8 Å². The molecule has 0 bridgehead atoms. The Morgan fingerprint density at radius 3 is 2.77 bits per heavy atom. The number of carbonyl (C=O) groups excluding carboxylic acids is 2. The zero-order valence-corrected chi connectivity index (χ0v) is 17.3. The highest BCUT2D eigenvalue weighted by atomic mass is 35.5. The maximum Gasteiger partial charge on any atom is 0.326 e. The van der Waals surface area contributed by atoms with Crippen LogP contribution in [0.25, 0.3) is 0 Å². The molecule has 1 saturated carbocycles. The van der Waals surface area contributed by atoms with Crippen LogP contribution in [0.5, 0.6) is 0 Å². The van der Waals surface area contributed by atoms with Crippen molar-refractivity contribution in [3.05, 3.63) is 47.2 Å². The number of hydrogen-bond acceptors (Lipinski definition) is 4. The van der Waals surface area contributed by atoms with Gasteiger partial charge in [0.15, 0.2) is 0 Å². The largest absolute Gasteiger partial charge is 0.326 e. The number of anilines is 2. The maximum absolute atomic E-state index is 14.7. The Balaban J connectivity index is 1.49. The quantitative estimate of drug-likeness (QED) is 0.718. The van der Waals surface area contributed by atoms with Gasteiger partial charge in [-0.3, -0.25) is 9.69 Å². The summed E-state index contributed by atoms with van der Waals surface area (Å²) in [7, 11) is 0. The second-order valence-corrected chi connectivity index (χ2v) is 8.08. The number of pyridine rings is 2. The van der Waals surface area contributed by atoms with Crippen LogP contribution in [0.4, 0.5) is 20.8 Å². The highest BCUT2D eigenvalue weighted by molar-refractivity contribution is 6.30. The predicted octanol–water partition coefficient (Wildman–Crippen LogP) is 4.00. The smallest absolute Gasteiger partial charge is 0.309 e. The number of amides is 3. The van der Waals surface area contributed by atoms with Crippen molar-refractivity contribution < 1.29 is 14.0 Å². The van der Waals surface area contributed by atoms with Crippen LogP contribution in [0.2, 0.25) is 5.02 Å². The standard InChI is InChI=1S/C21H23ClFN5O2/c1-2-16(23)17-11-28(19-6-5-14(10-25-19)13-3-4-13)21(30)27(17)12-20(29)26-18-9-15(22)7-8-24-18/h5-10,13,16-17H,2-4,11-12H2,1H3,(H,24,26,29)/t16-,17+/m0/s1. The molecule has 2 aliphatic rings. The van der Waals surface area contributed by atoms with Crippen LogP contribution in [-0.2, 0) is 4.79 Å². The van der Waals surface area contributed by atoms with Crippen molar-refractivity contribution in [2.75, 3.05) is 23.3 Å². The SMILES string of the molecule is CC[C@H](F)[C@H]1CN(c2ccc(C3CC3)cn2)C(=O)N1CC(=O)Nc1cc(Cl)ccn1. The van der Waals surface area contributed by atoms with Crippen LogP contribution >= 0.6 is 11.6 Å². The van der Waals surface area contributed by atoms with E-state index in [1.54, 1.807) is 25.3 Å². The average molecular weight is 432 g/mol. The van der Waals surface area contributed by atoms with Crippen molar-refractivity contribution in [3.8, 4) is 0 Å². The molecule has 2 fully saturated rings. The van der Waals surface area contributed by atoms with Gasteiger partial charge >= 0.3 is 6.03 Å². The molecule has 0 radical (unpaired) electrons. The minimum atomic E-state index is -1.25. The summed E-state index contributed by atoms with van der Waals surface area (Å²) < 4.78 is 14.7. The average Bonchev–Trinajstić information content (AvgIpc) is 3.53. The molecule has 3 heterocycles. The van der Waals surface area contributed by atoms with E-state index in [0.717, 1.165) is 18.4 Å². The fourth-order valence-electron chi connectivity index (χ4n) is 3.64. The van der Waals surface area contributed by atoms with Gasteiger partial charge in [-0.05, 0) is 48.9 Å². The molecule has 2 aromatic rings. The lowest BCUT2D eigenvalue weighted by molar-refractivity contribution is -0.117. The summed E-state index contributed by atoms with van der Waals surface area (Å²) >= 11 is 5.91. The molecule has 0 unspecified atom stereocenters. The van der Waals surface area contributed by atoms with E-state index in [1.165, 1.54) is 22.1 Å². The number of nitrogens with one attached hydrogen (secondary N) is 1. The van der Waals surface area contributed by atoms with Crippen LogP contribution in [0, 0.1) is 0 Å². The molecule has 2 aromatic heterocycles.